The number of hydrogen-bond acceptors (Lipinski definition) is 3. The molecule has 5 nitrogen and oxygen atoms in total. The van der Waals surface area contributed by atoms with Crippen LogP contribution in [0.15, 0.2) is 47.4 Å². The number of benzene rings is 2. The number of sulfonamides is 1. The third-order valence-corrected chi connectivity index (χ3v) is 7.11. The van der Waals surface area contributed by atoms with E-state index in [9.17, 15) is 13.2 Å². The quantitative estimate of drug-likeness (QED) is 0.856. The SMILES string of the molecule is Cc1ccc(C(=O)NCc2ccccc2S(=O)(=O)N2CCCCC2)cc1C. The Hall–Kier alpha value is -2.18. The third-order valence-electron chi connectivity index (χ3n) is 5.11. The predicted molar refractivity (Wildman–Crippen MR) is 106 cm³/mol. The number of nitrogens with one attached hydrogen (secondary N) is 1. The fourth-order valence-electron chi connectivity index (χ4n) is 3.31. The van der Waals surface area contributed by atoms with Crippen LogP contribution in [0.3, 0.4) is 0 Å². The second kappa shape index (κ2) is 8.23. The molecule has 0 aromatic heterocycles. The third kappa shape index (κ3) is 4.39. The van der Waals surface area contributed by atoms with Crippen molar-refractivity contribution >= 4 is 15.9 Å². The molecule has 0 unspecified atom stereocenters. The number of aryl methyl sites for hydroxylation is 2. The molecule has 0 bridgehead atoms. The number of carbonyl (C=O) groups excluding carboxylic acids is 1. The van der Waals surface area contributed by atoms with Crippen molar-refractivity contribution in [3.63, 3.8) is 0 Å². The Morgan fingerprint density at radius 2 is 1.70 bits per heavy atom. The Bertz CT molecular complexity index is 932. The van der Waals surface area contributed by atoms with Crippen LogP contribution in [-0.2, 0) is 16.6 Å². The standard InChI is InChI=1S/C21H26N2O3S/c1-16-10-11-18(14-17(16)2)21(24)22-15-19-8-4-5-9-20(19)27(25,26)23-12-6-3-7-13-23/h4-5,8-11,14H,3,6-7,12-13,15H2,1-2H3,(H,22,24). The van der Waals surface area contributed by atoms with Gasteiger partial charge in [0.1, 0.15) is 0 Å². The molecule has 0 saturated carbocycles. The van der Waals surface area contributed by atoms with E-state index < -0.39 is 10.0 Å². The normalized spacial score (nSPS) is 15.5. The molecular weight excluding hydrogens is 360 g/mol. The van der Waals surface area contributed by atoms with E-state index in [4.69, 9.17) is 0 Å². The molecular formula is C21H26N2O3S. The summed E-state index contributed by atoms with van der Waals surface area (Å²) < 4.78 is 27.6. The molecule has 144 valence electrons. The van der Waals surface area contributed by atoms with E-state index in [1.807, 2.05) is 26.0 Å². The first-order valence-corrected chi connectivity index (χ1v) is 10.8. The summed E-state index contributed by atoms with van der Waals surface area (Å²) in [5, 5.41) is 2.86. The second-order valence-corrected chi connectivity index (χ2v) is 8.96. The van der Waals surface area contributed by atoms with Gasteiger partial charge in [-0.05, 0) is 61.6 Å². The maximum Gasteiger partial charge on any atom is 0.251 e. The molecule has 1 saturated heterocycles. The van der Waals surface area contributed by atoms with Crippen molar-refractivity contribution in [2.75, 3.05) is 13.1 Å². The van der Waals surface area contributed by atoms with Gasteiger partial charge in [0.15, 0.2) is 0 Å². The fraction of sp³-hybridized carbons (Fsp3) is 0.381. The lowest BCUT2D eigenvalue weighted by Crippen LogP contribution is -2.36. The highest BCUT2D eigenvalue weighted by Crippen LogP contribution is 2.23. The van der Waals surface area contributed by atoms with E-state index in [0.29, 0.717) is 24.2 Å². The number of rotatable bonds is 5. The van der Waals surface area contributed by atoms with Crippen LogP contribution in [0.1, 0.15) is 46.3 Å². The van der Waals surface area contributed by atoms with E-state index in [1.54, 1.807) is 34.6 Å². The van der Waals surface area contributed by atoms with Gasteiger partial charge in [0, 0.05) is 25.2 Å². The monoisotopic (exact) mass is 386 g/mol. The van der Waals surface area contributed by atoms with E-state index in [2.05, 4.69) is 5.32 Å². The molecule has 0 spiro atoms. The first-order valence-electron chi connectivity index (χ1n) is 9.33. The largest absolute Gasteiger partial charge is 0.348 e. The van der Waals surface area contributed by atoms with E-state index in [0.717, 1.165) is 30.4 Å². The number of nitrogens with zero attached hydrogens (tertiary/aromatic N) is 1. The first kappa shape index (κ1) is 19.6. The summed E-state index contributed by atoms with van der Waals surface area (Å²) in [6, 6.07) is 12.5. The van der Waals surface area contributed by atoms with Crippen LogP contribution in [-0.4, -0.2) is 31.7 Å². The molecule has 1 amide bonds. The highest BCUT2D eigenvalue weighted by Gasteiger charge is 2.27. The zero-order chi connectivity index (χ0) is 19.4. The predicted octanol–water partition coefficient (Wildman–Crippen LogP) is 3.41. The van der Waals surface area contributed by atoms with Crippen LogP contribution in [0.2, 0.25) is 0 Å². The molecule has 0 radical (unpaired) electrons. The smallest absolute Gasteiger partial charge is 0.251 e. The molecule has 2 aromatic carbocycles. The average molecular weight is 387 g/mol. The minimum atomic E-state index is -3.54. The number of hydrogen-bond donors (Lipinski definition) is 1. The molecule has 1 N–H and O–H groups in total. The van der Waals surface area contributed by atoms with Gasteiger partial charge in [-0.15, -0.1) is 0 Å². The van der Waals surface area contributed by atoms with Gasteiger partial charge in [-0.25, -0.2) is 8.42 Å². The highest BCUT2D eigenvalue weighted by molar-refractivity contribution is 7.89. The molecule has 27 heavy (non-hydrogen) atoms. The number of piperidine rings is 1. The van der Waals surface area contributed by atoms with Gasteiger partial charge in [0.25, 0.3) is 5.91 Å². The van der Waals surface area contributed by atoms with Crippen LogP contribution < -0.4 is 5.32 Å². The van der Waals surface area contributed by atoms with Gasteiger partial charge < -0.3 is 5.32 Å². The molecule has 0 aliphatic carbocycles. The zero-order valence-corrected chi connectivity index (χ0v) is 16.7. The summed E-state index contributed by atoms with van der Waals surface area (Å²) in [7, 11) is -3.54. The fourth-order valence-corrected chi connectivity index (χ4v) is 5.05. The summed E-state index contributed by atoms with van der Waals surface area (Å²) >= 11 is 0. The Morgan fingerprint density at radius 3 is 2.41 bits per heavy atom. The maximum absolute atomic E-state index is 13.0. The van der Waals surface area contributed by atoms with Crippen LogP contribution in [0.25, 0.3) is 0 Å². The topological polar surface area (TPSA) is 66.5 Å². The Morgan fingerprint density at radius 1 is 1.00 bits per heavy atom. The Kier molecular flexibility index (Phi) is 5.97. The van der Waals surface area contributed by atoms with E-state index >= 15 is 0 Å². The van der Waals surface area contributed by atoms with Gasteiger partial charge in [0.05, 0.1) is 4.90 Å². The summed E-state index contributed by atoms with van der Waals surface area (Å²) in [6.07, 6.45) is 2.86. The van der Waals surface area contributed by atoms with Gasteiger partial charge in [-0.1, -0.05) is 30.7 Å². The highest BCUT2D eigenvalue weighted by atomic mass is 32.2. The van der Waals surface area contributed by atoms with Crippen LogP contribution >= 0.6 is 0 Å². The van der Waals surface area contributed by atoms with Gasteiger partial charge in [-0.2, -0.15) is 4.31 Å². The first-order chi connectivity index (χ1) is 12.9. The Labute approximate surface area is 161 Å². The molecule has 1 aliphatic heterocycles. The lowest BCUT2D eigenvalue weighted by Gasteiger charge is -2.26. The minimum absolute atomic E-state index is 0.176. The zero-order valence-electron chi connectivity index (χ0n) is 15.9. The lowest BCUT2D eigenvalue weighted by atomic mass is 10.1. The molecule has 1 aliphatic rings. The van der Waals surface area contributed by atoms with Crippen LogP contribution in [0, 0.1) is 13.8 Å². The summed E-state index contributed by atoms with van der Waals surface area (Å²) in [4.78, 5) is 12.8. The maximum atomic E-state index is 13.0. The van der Waals surface area contributed by atoms with Crippen molar-refractivity contribution in [3.8, 4) is 0 Å². The second-order valence-electron chi connectivity index (χ2n) is 7.05. The average Bonchev–Trinajstić information content (AvgIpc) is 2.69. The van der Waals surface area contributed by atoms with Gasteiger partial charge >= 0.3 is 0 Å². The molecule has 3 rings (SSSR count). The minimum Gasteiger partial charge on any atom is -0.348 e. The molecule has 1 fully saturated rings. The molecule has 2 aromatic rings. The van der Waals surface area contributed by atoms with Crippen molar-refractivity contribution in [2.45, 2.75) is 44.6 Å². The molecule has 1 heterocycles. The van der Waals surface area contributed by atoms with Crippen molar-refractivity contribution in [2.24, 2.45) is 0 Å². The van der Waals surface area contributed by atoms with E-state index in [1.165, 1.54) is 0 Å². The van der Waals surface area contributed by atoms with Crippen LogP contribution in [0.4, 0.5) is 0 Å². The summed E-state index contributed by atoms with van der Waals surface area (Å²) in [6.45, 7) is 5.26. The van der Waals surface area contributed by atoms with Crippen molar-refractivity contribution in [3.05, 3.63) is 64.7 Å². The Balaban J connectivity index is 1.78. The van der Waals surface area contributed by atoms with Crippen molar-refractivity contribution in [1.29, 1.82) is 0 Å². The van der Waals surface area contributed by atoms with Crippen molar-refractivity contribution < 1.29 is 13.2 Å². The van der Waals surface area contributed by atoms with Crippen LogP contribution in [0.5, 0.6) is 0 Å². The van der Waals surface area contributed by atoms with E-state index in [-0.39, 0.29) is 17.3 Å². The summed E-state index contributed by atoms with van der Waals surface area (Å²) in [5.41, 5.74) is 3.37. The lowest BCUT2D eigenvalue weighted by molar-refractivity contribution is 0.0950. The summed E-state index contributed by atoms with van der Waals surface area (Å²) in [5.74, 6) is -0.205. The van der Waals surface area contributed by atoms with Gasteiger partial charge in [0.2, 0.25) is 10.0 Å². The molecule has 6 heteroatoms. The van der Waals surface area contributed by atoms with Crippen molar-refractivity contribution in [1.82, 2.24) is 9.62 Å². The van der Waals surface area contributed by atoms with Gasteiger partial charge in [-0.3, -0.25) is 4.79 Å². The number of amides is 1. The molecule has 0 atom stereocenters. The number of carbonyl (C=O) groups is 1.